The fraction of sp³-hybridized carbons (Fsp3) is 0.429. The highest BCUT2D eigenvalue weighted by molar-refractivity contribution is 8.00. The van der Waals surface area contributed by atoms with Gasteiger partial charge in [0.1, 0.15) is 0 Å². The number of nitrogens with zero attached hydrogens (tertiary/aromatic N) is 5. The van der Waals surface area contributed by atoms with Crippen molar-refractivity contribution in [2.75, 3.05) is 88.6 Å². The van der Waals surface area contributed by atoms with E-state index < -0.39 is 0 Å². The van der Waals surface area contributed by atoms with Crippen molar-refractivity contribution in [3.8, 4) is 0 Å². The zero-order valence-electron chi connectivity index (χ0n) is 30.6. The van der Waals surface area contributed by atoms with E-state index in [0.29, 0.717) is 0 Å². The molecule has 6 nitrogen and oxygen atoms in total. The van der Waals surface area contributed by atoms with E-state index in [0.717, 1.165) is 69.8 Å². The van der Waals surface area contributed by atoms with E-state index in [-0.39, 0.29) is 6.61 Å². The minimum atomic E-state index is 0.258. The Morgan fingerprint density at radius 2 is 1.27 bits per heavy atom. The Hall–Kier alpha value is -2.34. The van der Waals surface area contributed by atoms with E-state index in [1.54, 1.807) is 0 Å². The van der Waals surface area contributed by atoms with Gasteiger partial charge in [0, 0.05) is 81.4 Å². The van der Waals surface area contributed by atoms with Crippen LogP contribution in [0.4, 0.5) is 22.7 Å². The Morgan fingerprint density at radius 3 is 1.92 bits per heavy atom. The molecule has 1 N–H and O–H groups in total. The summed E-state index contributed by atoms with van der Waals surface area (Å²) in [7, 11) is 2.30. The molecule has 8 rings (SSSR count). The first kappa shape index (κ1) is 38.0. The monoisotopic (exact) mass is 773 g/mol. The van der Waals surface area contributed by atoms with Crippen LogP contribution >= 0.6 is 46.9 Å². The van der Waals surface area contributed by atoms with Gasteiger partial charge in [-0.15, -0.1) is 11.8 Å². The van der Waals surface area contributed by atoms with Gasteiger partial charge >= 0.3 is 0 Å². The van der Waals surface area contributed by atoms with Crippen molar-refractivity contribution in [1.29, 1.82) is 0 Å². The van der Waals surface area contributed by atoms with E-state index in [9.17, 15) is 0 Å². The highest BCUT2D eigenvalue weighted by Crippen LogP contribution is 2.50. The molecule has 2 saturated heterocycles. The summed E-state index contributed by atoms with van der Waals surface area (Å²) in [5.41, 5.74) is 5.26. The summed E-state index contributed by atoms with van der Waals surface area (Å²) in [4.78, 5) is 19.1. The summed E-state index contributed by atoms with van der Waals surface area (Å²) < 4.78 is 0. The summed E-state index contributed by atoms with van der Waals surface area (Å²) in [6, 6.07) is 31.3. The minimum Gasteiger partial charge on any atom is -0.395 e. The third-order valence-electron chi connectivity index (χ3n) is 10.8. The van der Waals surface area contributed by atoms with Gasteiger partial charge in [0.05, 0.1) is 29.4 Å². The number of hydrogen-bond acceptors (Lipinski definition) is 9. The van der Waals surface area contributed by atoms with Crippen molar-refractivity contribution < 1.29 is 5.11 Å². The molecule has 4 aromatic rings. The Morgan fingerprint density at radius 1 is 0.673 bits per heavy atom. The van der Waals surface area contributed by atoms with Crippen LogP contribution in [0, 0.1) is 0 Å². The number of piperazine rings is 1. The summed E-state index contributed by atoms with van der Waals surface area (Å²) >= 11 is 11.9. The molecule has 0 bridgehead atoms. The molecule has 0 amide bonds. The Bertz CT molecular complexity index is 1790. The number of hydrogen-bond donors (Lipinski definition) is 1. The van der Waals surface area contributed by atoms with Crippen molar-refractivity contribution in [3.05, 3.63) is 90.0 Å². The lowest BCUT2D eigenvalue weighted by Crippen LogP contribution is -2.47. The third-order valence-corrected chi connectivity index (χ3v) is 14.0. The van der Waals surface area contributed by atoms with E-state index in [4.69, 9.17) is 16.7 Å². The molecule has 4 aliphatic heterocycles. The molecule has 0 spiro atoms. The second-order valence-electron chi connectivity index (χ2n) is 14.1. The molecule has 1 atom stereocenters. The summed E-state index contributed by atoms with van der Waals surface area (Å²) in [5.74, 6) is 0. The van der Waals surface area contributed by atoms with Crippen molar-refractivity contribution in [2.24, 2.45) is 0 Å². The maximum atomic E-state index is 9.08. The Kier molecular flexibility index (Phi) is 13.4. The van der Waals surface area contributed by atoms with Gasteiger partial charge in [0.2, 0.25) is 0 Å². The van der Waals surface area contributed by atoms with E-state index in [1.165, 1.54) is 79.5 Å². The molecular weight excluding hydrogens is 722 g/mol. The molecule has 4 heterocycles. The summed E-state index contributed by atoms with van der Waals surface area (Å²) in [5, 5.41) is 9.87. The van der Waals surface area contributed by atoms with Crippen molar-refractivity contribution >= 4 is 69.6 Å². The molecule has 0 aliphatic carbocycles. The average molecular weight is 775 g/mol. The lowest BCUT2D eigenvalue weighted by atomic mass is 9.99. The second-order valence-corrected chi connectivity index (χ2v) is 17.6. The molecule has 1 unspecified atom stereocenters. The van der Waals surface area contributed by atoms with Gasteiger partial charge in [-0.05, 0) is 113 Å². The van der Waals surface area contributed by atoms with Gasteiger partial charge in [0.25, 0.3) is 0 Å². The number of β-amino-alcohol motifs (C(OH)–C–C–N with tert-alkyl or cyclic N) is 1. The number of aliphatic hydroxyl groups excluding tert-OH is 1. The van der Waals surface area contributed by atoms with Gasteiger partial charge in [-0.2, -0.15) is 0 Å². The molecular formula is C42H52ClN5OS3. The number of rotatable bonds is 10. The molecule has 0 aromatic heterocycles. The molecule has 2 fully saturated rings. The number of piperidine rings is 1. The van der Waals surface area contributed by atoms with E-state index >= 15 is 0 Å². The van der Waals surface area contributed by atoms with Crippen LogP contribution in [0.15, 0.2) is 109 Å². The van der Waals surface area contributed by atoms with E-state index in [2.05, 4.69) is 117 Å². The fourth-order valence-corrected chi connectivity index (χ4v) is 10.6. The molecule has 4 aliphatic rings. The van der Waals surface area contributed by atoms with Crippen molar-refractivity contribution in [3.63, 3.8) is 0 Å². The second kappa shape index (κ2) is 18.3. The first-order chi connectivity index (χ1) is 25.5. The first-order valence-electron chi connectivity index (χ1n) is 18.8. The molecule has 10 heteroatoms. The maximum absolute atomic E-state index is 9.08. The smallest absolute Gasteiger partial charge is 0.0567 e. The molecule has 4 aromatic carbocycles. The number of thioether (sulfide) groups is 1. The quantitative estimate of drug-likeness (QED) is 0.159. The van der Waals surface area contributed by atoms with Crippen LogP contribution in [0.2, 0.25) is 5.02 Å². The number of benzene rings is 4. The number of fused-ring (bicyclic) bond motifs is 4. The predicted octanol–water partition coefficient (Wildman–Crippen LogP) is 9.83. The van der Waals surface area contributed by atoms with Crippen LogP contribution in [0.25, 0.3) is 0 Å². The topological polar surface area (TPSA) is 36.4 Å². The SMILES string of the molecule is CSc1ccc2c(c1)N(CCC1CCCCN1C)c1ccccc1S2.OCCN1CCN(CCCN2c3ccccc3Sc3ccc(Cl)cc32)CC1. The first-order valence-corrected chi connectivity index (χ1v) is 22.1. The highest BCUT2D eigenvalue weighted by atomic mass is 35.5. The summed E-state index contributed by atoms with van der Waals surface area (Å²) in [6.07, 6.45) is 8.60. The van der Waals surface area contributed by atoms with Crippen molar-refractivity contribution in [2.45, 2.75) is 62.6 Å². The van der Waals surface area contributed by atoms with Gasteiger partial charge in [0.15, 0.2) is 0 Å². The Balaban J connectivity index is 0.000000162. The molecule has 52 heavy (non-hydrogen) atoms. The standard InChI is InChI=1S/C21H26ClN3OS.C21H26N2S2/c22-17-6-7-21-19(16-17)25(18-4-1-2-5-20(18)27-21)9-3-8-23-10-12-24(13-11-23)14-15-26;1-22-13-6-5-7-16(22)12-14-23-18-8-3-4-9-20(18)25-21-11-10-17(24-2)15-19(21)23/h1-2,4-7,16,26H,3,8-15H2;3-4,8-11,15-16H,5-7,12-14H2,1-2H3. The average Bonchev–Trinajstić information content (AvgIpc) is 3.18. The van der Waals surface area contributed by atoms with Crippen molar-refractivity contribution in [1.82, 2.24) is 14.7 Å². The van der Waals surface area contributed by atoms with Crippen LogP contribution in [0.5, 0.6) is 0 Å². The minimum absolute atomic E-state index is 0.258. The third kappa shape index (κ3) is 9.12. The van der Waals surface area contributed by atoms with Crippen LogP contribution in [0.1, 0.15) is 32.1 Å². The number of aliphatic hydroxyl groups is 1. The lowest BCUT2D eigenvalue weighted by Gasteiger charge is -2.37. The van der Waals surface area contributed by atoms with Gasteiger partial charge in [-0.1, -0.05) is 65.8 Å². The molecule has 0 radical (unpaired) electrons. The van der Waals surface area contributed by atoms with Crippen LogP contribution in [-0.2, 0) is 0 Å². The molecule has 276 valence electrons. The highest BCUT2D eigenvalue weighted by Gasteiger charge is 2.27. The molecule has 0 saturated carbocycles. The van der Waals surface area contributed by atoms with Crippen LogP contribution < -0.4 is 9.80 Å². The normalized spacial score (nSPS) is 18.9. The van der Waals surface area contributed by atoms with Gasteiger partial charge in [-0.3, -0.25) is 4.90 Å². The summed E-state index contributed by atoms with van der Waals surface area (Å²) in [6.45, 7) is 9.80. The number of halogens is 1. The largest absolute Gasteiger partial charge is 0.395 e. The van der Waals surface area contributed by atoms with E-state index in [1.807, 2.05) is 41.4 Å². The lowest BCUT2D eigenvalue weighted by molar-refractivity contribution is 0.112. The van der Waals surface area contributed by atoms with Crippen LogP contribution in [0.3, 0.4) is 0 Å². The predicted molar refractivity (Wildman–Crippen MR) is 224 cm³/mol. The number of likely N-dealkylation sites (tertiary alicyclic amines) is 1. The fourth-order valence-electron chi connectivity index (χ4n) is 7.84. The maximum Gasteiger partial charge on any atom is 0.0567 e. The number of anilines is 4. The zero-order chi connectivity index (χ0) is 35.9. The van der Waals surface area contributed by atoms with Gasteiger partial charge < -0.3 is 24.7 Å². The van der Waals surface area contributed by atoms with Gasteiger partial charge in [-0.25, -0.2) is 0 Å². The zero-order valence-corrected chi connectivity index (χ0v) is 33.8. The Labute approximate surface area is 328 Å². The number of para-hydroxylation sites is 2. The van der Waals surface area contributed by atoms with Crippen LogP contribution in [-0.4, -0.2) is 105 Å².